The van der Waals surface area contributed by atoms with E-state index in [0.717, 1.165) is 37.2 Å². The smallest absolute Gasteiger partial charge is 0.293 e. The summed E-state index contributed by atoms with van der Waals surface area (Å²) in [6.07, 6.45) is 7.33. The summed E-state index contributed by atoms with van der Waals surface area (Å²) in [6, 6.07) is 0.609. The normalized spacial score (nSPS) is 28.0. The first-order valence-electron chi connectivity index (χ1n) is 6.42. The molecule has 0 atom stereocenters. The average molecular weight is 267 g/mol. The molecule has 1 aliphatic carbocycles. The van der Waals surface area contributed by atoms with Crippen molar-refractivity contribution >= 4 is 16.6 Å². The zero-order valence-corrected chi connectivity index (χ0v) is 11.0. The zero-order chi connectivity index (χ0) is 12.5. The van der Waals surface area contributed by atoms with Crippen LogP contribution in [0.2, 0.25) is 0 Å². The van der Waals surface area contributed by atoms with Gasteiger partial charge in [0.05, 0.1) is 0 Å². The number of rotatable bonds is 3. The van der Waals surface area contributed by atoms with Crippen LogP contribution in [0, 0.1) is 0 Å². The standard InChI is InChI=1S/C12H17N3O2S/c16-12-11(13-5-6-15(12)10-1-2-10)14-9-3-7-18(17)8-4-9/h5-6,9-10H,1-4,7-8H2,(H,13,14). The van der Waals surface area contributed by atoms with E-state index in [1.165, 1.54) is 0 Å². The van der Waals surface area contributed by atoms with Gasteiger partial charge in [-0.15, -0.1) is 0 Å². The first-order valence-corrected chi connectivity index (χ1v) is 7.91. The van der Waals surface area contributed by atoms with Crippen LogP contribution in [0.3, 0.4) is 0 Å². The second-order valence-electron chi connectivity index (χ2n) is 4.99. The van der Waals surface area contributed by atoms with Crippen LogP contribution >= 0.6 is 0 Å². The predicted molar refractivity (Wildman–Crippen MR) is 71.3 cm³/mol. The molecule has 0 unspecified atom stereocenters. The summed E-state index contributed by atoms with van der Waals surface area (Å²) < 4.78 is 13.1. The highest BCUT2D eigenvalue weighted by molar-refractivity contribution is 7.85. The Hall–Kier alpha value is -1.17. The van der Waals surface area contributed by atoms with Crippen LogP contribution in [-0.4, -0.2) is 31.3 Å². The number of anilines is 1. The average Bonchev–Trinajstić information content (AvgIpc) is 3.19. The summed E-state index contributed by atoms with van der Waals surface area (Å²) in [6.45, 7) is 0. The summed E-state index contributed by atoms with van der Waals surface area (Å²) in [7, 11) is -0.670. The van der Waals surface area contributed by atoms with Crippen molar-refractivity contribution in [2.45, 2.75) is 37.8 Å². The summed E-state index contributed by atoms with van der Waals surface area (Å²) in [5, 5.41) is 3.21. The molecule has 3 rings (SSSR count). The maximum Gasteiger partial charge on any atom is 0.293 e. The Bertz CT molecular complexity index is 514. The van der Waals surface area contributed by atoms with E-state index in [4.69, 9.17) is 0 Å². The minimum absolute atomic E-state index is 0.0216. The van der Waals surface area contributed by atoms with E-state index in [0.29, 0.717) is 11.9 Å². The van der Waals surface area contributed by atoms with E-state index in [1.54, 1.807) is 17.0 Å². The van der Waals surface area contributed by atoms with Crippen molar-refractivity contribution in [2.24, 2.45) is 0 Å². The minimum atomic E-state index is -0.670. The van der Waals surface area contributed by atoms with Crippen molar-refractivity contribution in [2.75, 3.05) is 16.8 Å². The minimum Gasteiger partial charge on any atom is -0.363 e. The Labute approximate surface area is 108 Å². The molecule has 0 radical (unpaired) electrons. The van der Waals surface area contributed by atoms with Gasteiger partial charge in [-0.2, -0.15) is 0 Å². The number of hydrogen-bond acceptors (Lipinski definition) is 4. The number of nitrogens with one attached hydrogen (secondary N) is 1. The Balaban J connectivity index is 1.74. The molecule has 2 aliphatic rings. The van der Waals surface area contributed by atoms with Crippen LogP contribution in [0.25, 0.3) is 0 Å². The van der Waals surface area contributed by atoms with Crippen LogP contribution in [0.15, 0.2) is 17.2 Å². The van der Waals surface area contributed by atoms with Gasteiger partial charge in [0, 0.05) is 46.8 Å². The monoisotopic (exact) mass is 267 g/mol. The lowest BCUT2D eigenvalue weighted by atomic mass is 10.1. The maximum atomic E-state index is 12.2. The second kappa shape index (κ2) is 4.84. The van der Waals surface area contributed by atoms with E-state index < -0.39 is 10.8 Å². The highest BCUT2D eigenvalue weighted by Gasteiger charge is 2.26. The molecular weight excluding hydrogens is 250 g/mol. The highest BCUT2D eigenvalue weighted by atomic mass is 32.2. The lowest BCUT2D eigenvalue weighted by Crippen LogP contribution is -2.33. The molecule has 0 aromatic carbocycles. The number of nitrogens with zero attached hydrogens (tertiary/aromatic N) is 2. The van der Waals surface area contributed by atoms with Gasteiger partial charge in [0.1, 0.15) is 0 Å². The largest absolute Gasteiger partial charge is 0.363 e. The van der Waals surface area contributed by atoms with E-state index >= 15 is 0 Å². The Morgan fingerprint density at radius 2 is 2.00 bits per heavy atom. The lowest BCUT2D eigenvalue weighted by Gasteiger charge is -2.22. The third kappa shape index (κ3) is 2.48. The van der Waals surface area contributed by atoms with Gasteiger partial charge in [-0.25, -0.2) is 4.98 Å². The first-order chi connectivity index (χ1) is 8.74. The van der Waals surface area contributed by atoms with Crippen molar-refractivity contribution in [3.05, 3.63) is 22.7 Å². The lowest BCUT2D eigenvalue weighted by molar-refractivity contribution is 0.618. The number of aromatic nitrogens is 2. The van der Waals surface area contributed by atoms with Crippen molar-refractivity contribution in [3.8, 4) is 0 Å². The molecular formula is C12H17N3O2S. The Morgan fingerprint density at radius 1 is 1.28 bits per heavy atom. The van der Waals surface area contributed by atoms with Gasteiger partial charge >= 0.3 is 0 Å². The Morgan fingerprint density at radius 3 is 2.67 bits per heavy atom. The summed E-state index contributed by atoms with van der Waals surface area (Å²) >= 11 is 0. The molecule has 1 aromatic rings. The molecule has 1 aliphatic heterocycles. The molecule has 18 heavy (non-hydrogen) atoms. The fraction of sp³-hybridized carbons (Fsp3) is 0.667. The molecule has 1 N–H and O–H groups in total. The maximum absolute atomic E-state index is 12.2. The third-order valence-corrected chi connectivity index (χ3v) is 4.92. The van der Waals surface area contributed by atoms with Gasteiger partial charge in [-0.1, -0.05) is 0 Å². The van der Waals surface area contributed by atoms with Crippen LogP contribution in [0.5, 0.6) is 0 Å². The highest BCUT2D eigenvalue weighted by Crippen LogP contribution is 2.33. The van der Waals surface area contributed by atoms with Gasteiger partial charge in [0.15, 0.2) is 5.82 Å². The first kappa shape index (κ1) is 11.9. The Kier molecular flexibility index (Phi) is 3.20. The van der Waals surface area contributed by atoms with Crippen molar-refractivity contribution in [1.82, 2.24) is 9.55 Å². The van der Waals surface area contributed by atoms with Gasteiger partial charge < -0.3 is 9.88 Å². The third-order valence-electron chi connectivity index (χ3n) is 3.54. The quantitative estimate of drug-likeness (QED) is 0.884. The summed E-state index contributed by atoms with van der Waals surface area (Å²) in [5.41, 5.74) is -0.0216. The van der Waals surface area contributed by atoms with E-state index in [-0.39, 0.29) is 11.6 Å². The van der Waals surface area contributed by atoms with Crippen molar-refractivity contribution in [3.63, 3.8) is 0 Å². The topological polar surface area (TPSA) is 64.0 Å². The summed E-state index contributed by atoms with van der Waals surface area (Å²) in [4.78, 5) is 16.3. The van der Waals surface area contributed by atoms with Crippen molar-refractivity contribution in [1.29, 1.82) is 0 Å². The molecule has 1 saturated heterocycles. The summed E-state index contributed by atoms with van der Waals surface area (Å²) in [5.74, 6) is 1.89. The second-order valence-corrected chi connectivity index (χ2v) is 6.68. The number of hydrogen-bond donors (Lipinski definition) is 1. The van der Waals surface area contributed by atoms with Gasteiger partial charge in [-0.05, 0) is 25.7 Å². The molecule has 1 saturated carbocycles. The molecule has 6 heteroatoms. The van der Waals surface area contributed by atoms with E-state index in [9.17, 15) is 9.00 Å². The van der Waals surface area contributed by atoms with E-state index in [1.807, 2.05) is 0 Å². The van der Waals surface area contributed by atoms with Crippen LogP contribution in [0.1, 0.15) is 31.7 Å². The van der Waals surface area contributed by atoms with Gasteiger partial charge in [0.25, 0.3) is 5.56 Å². The molecule has 0 amide bonds. The zero-order valence-electron chi connectivity index (χ0n) is 10.2. The fourth-order valence-electron chi connectivity index (χ4n) is 2.30. The molecule has 98 valence electrons. The molecule has 2 fully saturated rings. The molecule has 5 nitrogen and oxygen atoms in total. The molecule has 0 bridgehead atoms. The van der Waals surface area contributed by atoms with Crippen LogP contribution in [-0.2, 0) is 10.8 Å². The van der Waals surface area contributed by atoms with Crippen LogP contribution in [0.4, 0.5) is 5.82 Å². The van der Waals surface area contributed by atoms with Gasteiger partial charge in [0.2, 0.25) is 0 Å². The van der Waals surface area contributed by atoms with Crippen LogP contribution < -0.4 is 10.9 Å². The van der Waals surface area contributed by atoms with Crippen molar-refractivity contribution < 1.29 is 4.21 Å². The molecule has 1 aromatic heterocycles. The molecule has 0 spiro atoms. The predicted octanol–water partition coefficient (Wildman–Crippen LogP) is 0.901. The fourth-order valence-corrected chi connectivity index (χ4v) is 3.59. The molecule has 2 heterocycles. The SMILES string of the molecule is O=c1c(NC2CCS(=O)CC2)nccn1C1CC1. The van der Waals surface area contributed by atoms with E-state index in [2.05, 4.69) is 10.3 Å². The van der Waals surface area contributed by atoms with Gasteiger partial charge in [-0.3, -0.25) is 9.00 Å².